The number of aromatic amines is 2. The fourth-order valence-electron chi connectivity index (χ4n) is 2.27. The predicted molar refractivity (Wildman–Crippen MR) is 112 cm³/mol. The minimum atomic E-state index is -0.981. The first kappa shape index (κ1) is 29.2. The molecule has 1 aliphatic rings. The fourth-order valence-corrected chi connectivity index (χ4v) is 2.27. The molecular weight excluding hydrogens is 414 g/mol. The van der Waals surface area contributed by atoms with Crippen LogP contribution in [0, 0.1) is 5.92 Å². The summed E-state index contributed by atoms with van der Waals surface area (Å²) in [4.78, 5) is 65.4. The normalized spacial score (nSPS) is 11.7. The van der Waals surface area contributed by atoms with E-state index in [4.69, 9.17) is 15.3 Å². The summed E-state index contributed by atoms with van der Waals surface area (Å²) in [5, 5.41) is 22.8. The Bertz CT molecular complexity index is 841. The maximum Gasteiger partial charge on any atom is 0.333 e. The number of carboxylic acid groups (broad SMARTS) is 3. The zero-order valence-corrected chi connectivity index (χ0v) is 16.9. The molecule has 5 N–H and O–H groups in total. The molecule has 12 heteroatoms. The van der Waals surface area contributed by atoms with Crippen LogP contribution in [0.3, 0.4) is 0 Å². The monoisotopic (exact) mass is 441 g/mol. The van der Waals surface area contributed by atoms with Crippen molar-refractivity contribution >= 4 is 17.9 Å². The Morgan fingerprint density at radius 1 is 0.839 bits per heavy atom. The summed E-state index contributed by atoms with van der Waals surface area (Å²) >= 11 is 0. The summed E-state index contributed by atoms with van der Waals surface area (Å²) < 4.78 is 1.06. The SMILES string of the molecule is C=CC(=O)O.C=CC(=O)O.C=CC(=O)O.O=c1[nH]c(=O)n(CCC2CCCC2)c(=O)[nH]1. The van der Waals surface area contributed by atoms with E-state index in [1.807, 2.05) is 0 Å². The number of nitrogens with one attached hydrogen (secondary N) is 2. The second-order valence-electron chi connectivity index (χ2n) is 5.91. The maximum atomic E-state index is 11.4. The van der Waals surface area contributed by atoms with Crippen LogP contribution in [0.25, 0.3) is 0 Å². The van der Waals surface area contributed by atoms with Gasteiger partial charge in [-0.25, -0.2) is 33.3 Å². The smallest absolute Gasteiger partial charge is 0.333 e. The number of nitrogens with zero attached hydrogens (tertiary/aromatic N) is 1. The van der Waals surface area contributed by atoms with Crippen molar-refractivity contribution in [2.45, 2.75) is 38.6 Å². The molecule has 0 spiro atoms. The predicted octanol–water partition coefficient (Wildman–Crippen LogP) is 0.576. The number of aromatic nitrogens is 3. The van der Waals surface area contributed by atoms with Crippen LogP contribution >= 0.6 is 0 Å². The minimum absolute atomic E-state index is 0.385. The lowest BCUT2D eigenvalue weighted by Gasteiger charge is -2.08. The Labute approximate surface area is 176 Å². The Balaban J connectivity index is 0. The summed E-state index contributed by atoms with van der Waals surface area (Å²) in [6.07, 6.45) is 8.16. The zero-order chi connectivity index (χ0) is 24.4. The van der Waals surface area contributed by atoms with Crippen molar-refractivity contribution in [3.63, 3.8) is 0 Å². The van der Waals surface area contributed by atoms with E-state index < -0.39 is 35.0 Å². The van der Waals surface area contributed by atoms with Crippen molar-refractivity contribution in [3.05, 3.63) is 69.4 Å². The van der Waals surface area contributed by atoms with Gasteiger partial charge in [0.05, 0.1) is 0 Å². The van der Waals surface area contributed by atoms with Gasteiger partial charge in [0.15, 0.2) is 0 Å². The lowest BCUT2D eigenvalue weighted by molar-refractivity contribution is -0.132. The highest BCUT2D eigenvalue weighted by atomic mass is 16.4. The standard InChI is InChI=1S/C10H15N3O3.3C3H4O2/c14-8-11-9(15)13(10(16)12-8)6-5-7-3-1-2-4-7;3*1-2-3(4)5/h7H,1-6H2,(H2,11,12,14,15,16);3*2H,1H2,(H,4,5). The van der Waals surface area contributed by atoms with Gasteiger partial charge in [-0.1, -0.05) is 45.4 Å². The molecule has 1 aliphatic carbocycles. The summed E-state index contributed by atoms with van der Waals surface area (Å²) in [6.45, 7) is 9.27. The van der Waals surface area contributed by atoms with E-state index in [0.717, 1.165) is 29.2 Å². The average Bonchev–Trinajstić information content (AvgIpc) is 3.22. The molecule has 0 aromatic carbocycles. The third kappa shape index (κ3) is 16.7. The van der Waals surface area contributed by atoms with Crippen molar-refractivity contribution in [1.82, 2.24) is 14.5 Å². The van der Waals surface area contributed by atoms with Gasteiger partial charge < -0.3 is 15.3 Å². The number of carboxylic acids is 3. The highest BCUT2D eigenvalue weighted by Gasteiger charge is 2.15. The van der Waals surface area contributed by atoms with Crippen LogP contribution in [0.4, 0.5) is 0 Å². The quantitative estimate of drug-likeness (QED) is 0.391. The van der Waals surface area contributed by atoms with Crippen LogP contribution in [0.1, 0.15) is 32.1 Å². The molecule has 172 valence electrons. The third-order valence-corrected chi connectivity index (χ3v) is 3.69. The number of H-pyrrole nitrogens is 2. The van der Waals surface area contributed by atoms with Gasteiger partial charge in [-0.15, -0.1) is 0 Å². The molecule has 0 radical (unpaired) electrons. The molecule has 0 amide bonds. The van der Waals surface area contributed by atoms with Gasteiger partial charge in [-0.2, -0.15) is 0 Å². The van der Waals surface area contributed by atoms with E-state index in [-0.39, 0.29) is 0 Å². The van der Waals surface area contributed by atoms with E-state index in [2.05, 4.69) is 29.7 Å². The molecule has 0 atom stereocenters. The maximum absolute atomic E-state index is 11.4. The fraction of sp³-hybridized carbons (Fsp3) is 0.368. The largest absolute Gasteiger partial charge is 0.478 e. The van der Waals surface area contributed by atoms with Crippen molar-refractivity contribution < 1.29 is 29.7 Å². The first-order valence-corrected chi connectivity index (χ1v) is 8.97. The summed E-state index contributed by atoms with van der Waals surface area (Å²) in [7, 11) is 0. The lowest BCUT2D eigenvalue weighted by Crippen LogP contribution is -2.43. The molecule has 0 bridgehead atoms. The second kappa shape index (κ2) is 16.9. The lowest BCUT2D eigenvalue weighted by atomic mass is 10.0. The molecule has 1 saturated carbocycles. The van der Waals surface area contributed by atoms with Crippen LogP contribution in [0.15, 0.2) is 52.3 Å². The number of rotatable bonds is 6. The highest BCUT2D eigenvalue weighted by molar-refractivity contribution is 5.79. The van der Waals surface area contributed by atoms with Gasteiger partial charge in [-0.3, -0.25) is 9.97 Å². The molecule has 0 unspecified atom stereocenters. The Morgan fingerprint density at radius 3 is 1.45 bits per heavy atom. The molecule has 1 heterocycles. The van der Waals surface area contributed by atoms with Gasteiger partial charge in [0, 0.05) is 24.8 Å². The van der Waals surface area contributed by atoms with E-state index in [1.54, 1.807) is 0 Å². The molecule has 0 saturated heterocycles. The van der Waals surface area contributed by atoms with Crippen LogP contribution < -0.4 is 17.1 Å². The zero-order valence-electron chi connectivity index (χ0n) is 16.9. The first-order chi connectivity index (χ1) is 14.5. The number of hydrogen-bond donors (Lipinski definition) is 5. The average molecular weight is 441 g/mol. The van der Waals surface area contributed by atoms with Crippen LogP contribution in [-0.4, -0.2) is 47.8 Å². The highest BCUT2D eigenvalue weighted by Crippen LogP contribution is 2.27. The Hall–Kier alpha value is -3.96. The second-order valence-corrected chi connectivity index (χ2v) is 5.91. The first-order valence-electron chi connectivity index (χ1n) is 8.97. The molecular formula is C19H27N3O9. The molecule has 2 rings (SSSR count). The third-order valence-electron chi connectivity index (χ3n) is 3.69. The molecule has 12 nitrogen and oxygen atoms in total. The van der Waals surface area contributed by atoms with Gasteiger partial charge in [0.1, 0.15) is 0 Å². The molecule has 0 aliphatic heterocycles. The van der Waals surface area contributed by atoms with E-state index in [0.29, 0.717) is 12.5 Å². The summed E-state index contributed by atoms with van der Waals surface area (Å²) in [5.41, 5.74) is -1.98. The van der Waals surface area contributed by atoms with Crippen molar-refractivity contribution in [2.24, 2.45) is 5.92 Å². The molecule has 1 aromatic heterocycles. The summed E-state index contributed by atoms with van der Waals surface area (Å²) in [6, 6.07) is 0. The van der Waals surface area contributed by atoms with E-state index in [9.17, 15) is 28.8 Å². The van der Waals surface area contributed by atoms with Crippen LogP contribution in [0.2, 0.25) is 0 Å². The van der Waals surface area contributed by atoms with Crippen LogP contribution in [0.5, 0.6) is 0 Å². The van der Waals surface area contributed by atoms with Crippen molar-refractivity contribution in [2.75, 3.05) is 0 Å². The molecule has 31 heavy (non-hydrogen) atoms. The van der Waals surface area contributed by atoms with Gasteiger partial charge in [-0.05, 0) is 12.3 Å². The topological polar surface area (TPSA) is 200 Å². The Morgan fingerprint density at radius 2 is 1.16 bits per heavy atom. The van der Waals surface area contributed by atoms with Crippen LogP contribution in [-0.2, 0) is 20.9 Å². The number of hydrogen-bond acceptors (Lipinski definition) is 6. The van der Waals surface area contributed by atoms with Crippen molar-refractivity contribution in [3.8, 4) is 0 Å². The number of aliphatic carboxylic acids is 3. The van der Waals surface area contributed by atoms with E-state index in [1.165, 1.54) is 25.7 Å². The van der Waals surface area contributed by atoms with Gasteiger partial charge in [0.2, 0.25) is 0 Å². The van der Waals surface area contributed by atoms with E-state index >= 15 is 0 Å². The minimum Gasteiger partial charge on any atom is -0.478 e. The summed E-state index contributed by atoms with van der Waals surface area (Å²) in [5.74, 6) is -2.33. The van der Waals surface area contributed by atoms with Gasteiger partial charge >= 0.3 is 35.0 Å². The Kier molecular flexibility index (Phi) is 16.0. The molecule has 1 aromatic rings. The number of carbonyl (C=O) groups is 3. The molecule has 1 fully saturated rings. The van der Waals surface area contributed by atoms with Gasteiger partial charge in [0.25, 0.3) is 0 Å². The van der Waals surface area contributed by atoms with Crippen molar-refractivity contribution in [1.29, 1.82) is 0 Å².